The van der Waals surface area contributed by atoms with Crippen LogP contribution in [0, 0.1) is 0 Å². The Balaban J connectivity index is 2.36. The maximum Gasteiger partial charge on any atom is 0.324 e. The maximum absolute atomic E-state index is 12.2. The highest BCUT2D eigenvalue weighted by Crippen LogP contribution is 2.52. The van der Waals surface area contributed by atoms with Gasteiger partial charge in [-0.05, 0) is 0 Å². The van der Waals surface area contributed by atoms with Crippen LogP contribution >= 0.6 is 0 Å². The number of fused-ring (bicyclic) bond motifs is 3. The quantitative estimate of drug-likeness (QED) is 0.284. The van der Waals surface area contributed by atoms with Crippen LogP contribution in [0.2, 0.25) is 0 Å². The summed E-state index contributed by atoms with van der Waals surface area (Å²) in [6.45, 7) is 0. The molecule has 9 nitrogen and oxygen atoms in total. The fourth-order valence-electron chi connectivity index (χ4n) is 3.07. The molecular formula is C13H16N6O3. The zero-order valence-corrected chi connectivity index (χ0v) is 12.1. The van der Waals surface area contributed by atoms with Crippen LogP contribution in [-0.2, 0) is 5.72 Å². The van der Waals surface area contributed by atoms with Crippen LogP contribution in [-0.4, -0.2) is 57.5 Å². The van der Waals surface area contributed by atoms with Crippen LogP contribution in [0.15, 0.2) is 34.5 Å². The lowest BCUT2D eigenvalue weighted by Crippen LogP contribution is -2.59. The highest BCUT2D eigenvalue weighted by atomic mass is 16.4. The first-order valence-corrected chi connectivity index (χ1v) is 6.49. The second-order valence-electron chi connectivity index (χ2n) is 5.26. The Hall–Kier alpha value is -2.65. The van der Waals surface area contributed by atoms with Crippen LogP contribution in [0.4, 0.5) is 4.79 Å². The fraction of sp³-hybridized carbons (Fsp3) is 0.308. The molecule has 0 spiro atoms. The number of urea groups is 1. The molecule has 1 aliphatic heterocycles. The van der Waals surface area contributed by atoms with E-state index in [0.717, 1.165) is 9.80 Å². The third-order valence-corrected chi connectivity index (χ3v) is 4.18. The highest BCUT2D eigenvalue weighted by molar-refractivity contribution is 6.14. The summed E-state index contributed by atoms with van der Waals surface area (Å²) in [5, 5.41) is 29.7. The van der Waals surface area contributed by atoms with Gasteiger partial charge in [-0.1, -0.05) is 24.3 Å². The van der Waals surface area contributed by atoms with Crippen molar-refractivity contribution in [3.05, 3.63) is 35.4 Å². The number of hydrogen-bond donors (Lipinski definition) is 4. The fourth-order valence-corrected chi connectivity index (χ4v) is 3.07. The van der Waals surface area contributed by atoms with Gasteiger partial charge < -0.3 is 21.7 Å². The summed E-state index contributed by atoms with van der Waals surface area (Å²) in [6.07, 6.45) is 0. The summed E-state index contributed by atoms with van der Waals surface area (Å²) < 4.78 is 0. The van der Waals surface area contributed by atoms with Crippen molar-refractivity contribution in [2.24, 2.45) is 21.7 Å². The average Bonchev–Trinajstić information content (AvgIpc) is 2.77. The van der Waals surface area contributed by atoms with Gasteiger partial charge in [0.05, 0.1) is 0 Å². The molecule has 116 valence electrons. The zero-order valence-electron chi connectivity index (χ0n) is 12.1. The number of rotatable bonds is 1. The van der Waals surface area contributed by atoms with Gasteiger partial charge in [0.1, 0.15) is 5.71 Å². The number of carbonyl (C=O) groups excluding carboxylic acids is 1. The average molecular weight is 304 g/mol. The number of hydrogen-bond acceptors (Lipinski definition) is 5. The van der Waals surface area contributed by atoms with E-state index in [1.54, 1.807) is 24.3 Å². The van der Waals surface area contributed by atoms with Gasteiger partial charge >= 0.3 is 6.03 Å². The molecule has 1 fully saturated rings. The van der Waals surface area contributed by atoms with E-state index in [0.29, 0.717) is 11.1 Å². The summed E-state index contributed by atoms with van der Waals surface area (Å²) in [6, 6.07) is 6.13. The molecule has 1 aromatic carbocycles. The van der Waals surface area contributed by atoms with Gasteiger partial charge in [-0.2, -0.15) is 0 Å². The SMILES string of the molecule is CN1C(=O)N(C)[C@@]2(O)c3ccccc3/C(=N/N=C(N)N)[C@@]12O. The number of carbonyl (C=O) groups is 1. The number of nitrogens with two attached hydrogens (primary N) is 2. The smallest absolute Gasteiger partial charge is 0.324 e. The lowest BCUT2D eigenvalue weighted by molar-refractivity contribution is -0.184. The normalized spacial score (nSPS) is 31.5. The third-order valence-electron chi connectivity index (χ3n) is 4.18. The van der Waals surface area contributed by atoms with Crippen molar-refractivity contribution < 1.29 is 15.0 Å². The number of aliphatic hydroxyl groups is 2. The predicted octanol–water partition coefficient (Wildman–Crippen LogP) is -1.49. The lowest BCUT2D eigenvalue weighted by Gasteiger charge is -2.35. The number of likely N-dealkylation sites (N-methyl/N-ethyl adjacent to an activating group) is 2. The molecule has 2 aliphatic rings. The first-order chi connectivity index (χ1) is 10.3. The molecule has 6 N–H and O–H groups in total. The lowest BCUT2D eigenvalue weighted by atomic mass is 9.99. The van der Waals surface area contributed by atoms with Crippen LogP contribution in [0.3, 0.4) is 0 Å². The van der Waals surface area contributed by atoms with Crippen LogP contribution in [0.5, 0.6) is 0 Å². The Morgan fingerprint density at radius 2 is 1.73 bits per heavy atom. The summed E-state index contributed by atoms with van der Waals surface area (Å²) in [5.74, 6) is -0.302. The van der Waals surface area contributed by atoms with E-state index in [2.05, 4.69) is 10.2 Å². The van der Waals surface area contributed by atoms with Gasteiger partial charge in [-0.3, -0.25) is 9.80 Å². The topological polar surface area (TPSA) is 141 Å². The molecule has 2 atom stereocenters. The minimum Gasteiger partial charge on any atom is -0.369 e. The maximum atomic E-state index is 12.2. The van der Waals surface area contributed by atoms with E-state index in [1.807, 2.05) is 0 Å². The van der Waals surface area contributed by atoms with Gasteiger partial charge in [-0.25, -0.2) is 4.79 Å². The van der Waals surface area contributed by atoms with Gasteiger partial charge in [-0.15, -0.1) is 10.2 Å². The molecule has 2 amide bonds. The summed E-state index contributed by atoms with van der Waals surface area (Å²) in [4.78, 5) is 14.3. The molecule has 1 aliphatic carbocycles. The minimum absolute atomic E-state index is 0.000741. The first-order valence-electron chi connectivity index (χ1n) is 6.49. The second kappa shape index (κ2) is 4.18. The van der Waals surface area contributed by atoms with Gasteiger partial charge in [0.15, 0.2) is 0 Å². The second-order valence-corrected chi connectivity index (χ2v) is 5.26. The van der Waals surface area contributed by atoms with Crippen LogP contribution < -0.4 is 11.5 Å². The van der Waals surface area contributed by atoms with Crippen molar-refractivity contribution in [1.29, 1.82) is 0 Å². The van der Waals surface area contributed by atoms with E-state index in [-0.39, 0.29) is 11.7 Å². The Morgan fingerprint density at radius 3 is 2.36 bits per heavy atom. The van der Waals surface area contributed by atoms with E-state index >= 15 is 0 Å². The minimum atomic E-state index is -2.10. The molecule has 0 aromatic heterocycles. The summed E-state index contributed by atoms with van der Waals surface area (Å²) in [7, 11) is 2.77. The van der Waals surface area contributed by atoms with Crippen molar-refractivity contribution in [2.45, 2.75) is 11.4 Å². The molecule has 0 saturated carbocycles. The van der Waals surface area contributed by atoms with Crippen LogP contribution in [0.1, 0.15) is 11.1 Å². The standard InChI is InChI=1S/C13H16N6O3/c1-18-11(20)19(2)13(22)9(16-17-10(14)15)7-5-3-4-6-8(7)12(13,18)21/h3-6,21-22H,1-2H3,(H4,14,15,17)/b16-9-/t12-,13+/m1/s1. The Morgan fingerprint density at radius 1 is 1.14 bits per heavy atom. The Kier molecular flexibility index (Phi) is 2.72. The molecule has 0 unspecified atom stereocenters. The molecule has 1 saturated heterocycles. The predicted molar refractivity (Wildman–Crippen MR) is 78.6 cm³/mol. The molecule has 9 heteroatoms. The molecule has 1 heterocycles. The van der Waals surface area contributed by atoms with Crippen molar-refractivity contribution >= 4 is 17.7 Å². The molecule has 3 rings (SSSR count). The van der Waals surface area contributed by atoms with E-state index < -0.39 is 17.5 Å². The Labute approximate surface area is 126 Å². The number of guanidine groups is 1. The number of amides is 2. The van der Waals surface area contributed by atoms with Crippen LogP contribution in [0.25, 0.3) is 0 Å². The third kappa shape index (κ3) is 1.36. The van der Waals surface area contributed by atoms with E-state index in [9.17, 15) is 15.0 Å². The number of nitrogens with zero attached hydrogens (tertiary/aromatic N) is 4. The van der Waals surface area contributed by atoms with Gasteiger partial charge in [0.2, 0.25) is 17.4 Å². The summed E-state index contributed by atoms with van der Waals surface area (Å²) >= 11 is 0. The highest BCUT2D eigenvalue weighted by Gasteiger charge is 2.72. The molecule has 1 aromatic rings. The Bertz CT molecular complexity index is 728. The summed E-state index contributed by atoms with van der Waals surface area (Å²) in [5.41, 5.74) is 7.29. The van der Waals surface area contributed by atoms with Gasteiger partial charge in [0, 0.05) is 25.2 Å². The number of benzene rings is 1. The molecular weight excluding hydrogens is 288 g/mol. The van der Waals surface area contributed by atoms with E-state index in [4.69, 9.17) is 11.5 Å². The van der Waals surface area contributed by atoms with Crippen molar-refractivity contribution in [3.63, 3.8) is 0 Å². The first kappa shape index (κ1) is 14.3. The van der Waals surface area contributed by atoms with Crippen molar-refractivity contribution in [1.82, 2.24) is 9.80 Å². The molecule has 0 bridgehead atoms. The molecule has 0 radical (unpaired) electrons. The molecule has 22 heavy (non-hydrogen) atoms. The zero-order chi connectivity index (χ0) is 16.3. The largest absolute Gasteiger partial charge is 0.369 e. The van der Waals surface area contributed by atoms with E-state index in [1.165, 1.54) is 14.1 Å². The monoisotopic (exact) mass is 304 g/mol. The van der Waals surface area contributed by atoms with Gasteiger partial charge in [0.25, 0.3) is 0 Å². The van der Waals surface area contributed by atoms with Crippen molar-refractivity contribution in [3.8, 4) is 0 Å². The van der Waals surface area contributed by atoms with Crippen molar-refractivity contribution in [2.75, 3.05) is 14.1 Å².